The molecule has 0 spiro atoms. The first kappa shape index (κ1) is 36.8. The third-order valence-corrected chi connectivity index (χ3v) is 17.8. The van der Waals surface area contributed by atoms with Gasteiger partial charge in [0, 0.05) is 27.1 Å². The van der Waals surface area contributed by atoms with Crippen molar-refractivity contribution < 1.29 is 0 Å². The van der Waals surface area contributed by atoms with Gasteiger partial charge in [0.1, 0.15) is 0 Å². The van der Waals surface area contributed by atoms with Gasteiger partial charge in [-0.2, -0.15) is 0 Å². The highest BCUT2D eigenvalue weighted by molar-refractivity contribution is 7.20. The highest BCUT2D eigenvalue weighted by atomic mass is 28.3. The zero-order valence-corrected chi connectivity index (χ0v) is 35.6. The number of hydrogen-bond acceptors (Lipinski definition) is 0. The average Bonchev–Trinajstić information content (AvgIpc) is 3.88. The maximum Gasteiger partial charge on any atom is 0.179 e. The molecule has 0 N–H and O–H groups in total. The van der Waals surface area contributed by atoms with Gasteiger partial charge in [0.15, 0.2) is 8.07 Å². The molecule has 0 unspecified atom stereocenters. The van der Waals surface area contributed by atoms with E-state index in [1.54, 1.807) is 0 Å². The van der Waals surface area contributed by atoms with Crippen molar-refractivity contribution in [3.63, 3.8) is 0 Å². The van der Waals surface area contributed by atoms with Crippen LogP contribution in [0.3, 0.4) is 0 Å². The Morgan fingerprint density at radius 2 is 0.714 bits per heavy atom. The first-order chi connectivity index (χ1) is 31.3. The molecule has 0 aliphatic carbocycles. The largest absolute Gasteiger partial charge is 0.309 e. The Balaban J connectivity index is 1.14. The van der Waals surface area contributed by atoms with Gasteiger partial charge in [-0.3, -0.25) is 0 Å². The van der Waals surface area contributed by atoms with E-state index in [1.807, 2.05) is 0 Å². The molecule has 3 heteroatoms. The highest BCUT2D eigenvalue weighted by Gasteiger charge is 2.41. The number of fused-ring (bicyclic) bond motifs is 6. The minimum Gasteiger partial charge on any atom is -0.309 e. The van der Waals surface area contributed by atoms with E-state index in [0.29, 0.717) is 0 Å². The monoisotopic (exact) mass is 818 g/mol. The van der Waals surface area contributed by atoms with E-state index >= 15 is 0 Å². The van der Waals surface area contributed by atoms with Gasteiger partial charge in [-0.25, -0.2) is 0 Å². The molecular formula is C60H42N2Si. The second-order valence-electron chi connectivity index (χ2n) is 16.4. The summed E-state index contributed by atoms with van der Waals surface area (Å²) in [6, 6.07) is 94.2. The van der Waals surface area contributed by atoms with E-state index in [1.165, 1.54) is 92.3 Å². The molecule has 296 valence electrons. The topological polar surface area (TPSA) is 9.86 Å². The van der Waals surface area contributed by atoms with Gasteiger partial charge in [0.25, 0.3) is 0 Å². The first-order valence-corrected chi connectivity index (χ1v) is 23.8. The van der Waals surface area contributed by atoms with Gasteiger partial charge in [-0.15, -0.1) is 0 Å². The van der Waals surface area contributed by atoms with Crippen LogP contribution in [0.25, 0.3) is 77.2 Å². The van der Waals surface area contributed by atoms with Crippen LogP contribution in [0.1, 0.15) is 0 Å². The van der Waals surface area contributed by atoms with Crippen molar-refractivity contribution >= 4 is 72.4 Å². The maximum atomic E-state index is 2.54. The Morgan fingerprint density at radius 3 is 1.40 bits per heavy atom. The molecule has 0 amide bonds. The molecule has 63 heavy (non-hydrogen) atoms. The van der Waals surface area contributed by atoms with Crippen molar-refractivity contribution in [2.24, 2.45) is 0 Å². The quantitative estimate of drug-likeness (QED) is 0.107. The van der Waals surface area contributed by atoms with Crippen LogP contribution >= 0.6 is 0 Å². The molecule has 2 nitrogen and oxygen atoms in total. The maximum absolute atomic E-state index is 2.81. The molecule has 2 heterocycles. The summed E-state index contributed by atoms with van der Waals surface area (Å²) in [4.78, 5) is 0. The fourth-order valence-corrected chi connectivity index (χ4v) is 15.1. The van der Waals surface area contributed by atoms with Crippen LogP contribution in [-0.4, -0.2) is 17.2 Å². The Bertz CT molecular complexity index is 3510. The van der Waals surface area contributed by atoms with Crippen LogP contribution < -0.4 is 20.7 Å². The minimum absolute atomic E-state index is 1.15. The second kappa shape index (κ2) is 15.2. The summed E-state index contributed by atoms with van der Waals surface area (Å²) >= 11 is 0. The van der Waals surface area contributed by atoms with Gasteiger partial charge < -0.3 is 9.13 Å². The summed E-state index contributed by atoms with van der Waals surface area (Å²) in [5, 5.41) is 10.4. The smallest absolute Gasteiger partial charge is 0.179 e. The van der Waals surface area contributed by atoms with Crippen molar-refractivity contribution in [3.05, 3.63) is 255 Å². The summed E-state index contributed by atoms with van der Waals surface area (Å²) in [6.45, 7) is 0. The van der Waals surface area contributed by atoms with Crippen LogP contribution in [0.15, 0.2) is 255 Å². The summed E-state index contributed by atoms with van der Waals surface area (Å²) in [7, 11) is -2.81. The van der Waals surface area contributed by atoms with E-state index < -0.39 is 8.07 Å². The van der Waals surface area contributed by atoms with Crippen LogP contribution in [-0.2, 0) is 0 Å². The fourth-order valence-electron chi connectivity index (χ4n) is 10.4. The van der Waals surface area contributed by atoms with Gasteiger partial charge >= 0.3 is 0 Å². The average molecular weight is 819 g/mol. The van der Waals surface area contributed by atoms with Gasteiger partial charge in [0.2, 0.25) is 0 Å². The van der Waals surface area contributed by atoms with Crippen LogP contribution in [0, 0.1) is 0 Å². The molecule has 12 aromatic rings. The fraction of sp³-hybridized carbons (Fsp3) is 0. The molecule has 0 aliphatic rings. The molecule has 0 saturated heterocycles. The number of hydrogen-bond donors (Lipinski definition) is 0. The molecule has 2 aromatic heterocycles. The molecule has 0 aliphatic heterocycles. The summed E-state index contributed by atoms with van der Waals surface area (Å²) < 4.78 is 5.03. The number of rotatable bonds is 8. The predicted octanol–water partition coefficient (Wildman–Crippen LogP) is 12.6. The Labute approximate surface area is 368 Å². The van der Waals surface area contributed by atoms with Crippen LogP contribution in [0.5, 0.6) is 0 Å². The number of nitrogens with zero attached hydrogens (tertiary/aromatic N) is 2. The molecule has 12 rings (SSSR count). The standard InChI is InChI=1S/C60H42N2Si/c1-5-21-43(22-6-1)44-23-19-24-45(41-44)50-31-13-16-34-54(50)61-56-36-18-15-33-53(56)60-57(61)37-20-38-58(60)62-55-35-17-14-32-51(55)52-40-39-49(42-59(52)62)63(46-25-7-2-8-26-46,47-27-9-3-10-28-47)48-29-11-4-12-30-48/h1-42H. The summed E-state index contributed by atoms with van der Waals surface area (Å²) in [5.41, 5.74) is 11.9. The van der Waals surface area contributed by atoms with Crippen molar-refractivity contribution in [1.29, 1.82) is 0 Å². The Kier molecular flexibility index (Phi) is 8.87. The minimum atomic E-state index is -2.81. The number of aromatic nitrogens is 2. The molecule has 0 bridgehead atoms. The highest BCUT2D eigenvalue weighted by Crippen LogP contribution is 2.41. The van der Waals surface area contributed by atoms with Crippen molar-refractivity contribution in [2.75, 3.05) is 0 Å². The molecule has 10 aromatic carbocycles. The van der Waals surface area contributed by atoms with Crippen molar-refractivity contribution in [1.82, 2.24) is 9.13 Å². The summed E-state index contributed by atoms with van der Waals surface area (Å²) in [6.07, 6.45) is 0. The van der Waals surface area contributed by atoms with E-state index in [9.17, 15) is 0 Å². The lowest BCUT2D eigenvalue weighted by Gasteiger charge is -2.34. The van der Waals surface area contributed by atoms with E-state index in [4.69, 9.17) is 0 Å². The Morgan fingerprint density at radius 1 is 0.254 bits per heavy atom. The van der Waals surface area contributed by atoms with Gasteiger partial charge in [0.05, 0.1) is 33.4 Å². The third kappa shape index (κ3) is 5.85. The number of benzene rings is 10. The SMILES string of the molecule is c1ccc(-c2cccc(-c3ccccc3-n3c4ccccc4c4c(-n5c6ccccc6c6ccc([Si](c7ccccc7)(c7ccccc7)c7ccccc7)cc65)cccc43)c2)cc1. The summed E-state index contributed by atoms with van der Waals surface area (Å²) in [5.74, 6) is 0. The number of para-hydroxylation sites is 3. The second-order valence-corrected chi connectivity index (χ2v) is 20.2. The molecule has 0 atom stereocenters. The lowest BCUT2D eigenvalue weighted by atomic mass is 9.98. The molecule has 0 radical (unpaired) electrons. The van der Waals surface area contributed by atoms with E-state index in [0.717, 1.165) is 5.69 Å². The van der Waals surface area contributed by atoms with Gasteiger partial charge in [-0.05, 0) is 79.9 Å². The first-order valence-electron chi connectivity index (χ1n) is 21.8. The Hall–Kier alpha value is -7.98. The molecule has 0 fully saturated rings. The van der Waals surface area contributed by atoms with Crippen molar-refractivity contribution in [2.45, 2.75) is 0 Å². The zero-order chi connectivity index (χ0) is 41.7. The van der Waals surface area contributed by atoms with Crippen molar-refractivity contribution in [3.8, 4) is 33.6 Å². The van der Waals surface area contributed by atoms with E-state index in [2.05, 4.69) is 264 Å². The van der Waals surface area contributed by atoms with Crippen LogP contribution in [0.4, 0.5) is 0 Å². The molecule has 0 saturated carbocycles. The molecular weight excluding hydrogens is 777 g/mol. The van der Waals surface area contributed by atoms with E-state index in [-0.39, 0.29) is 0 Å². The third-order valence-electron chi connectivity index (χ3n) is 13.1. The lowest BCUT2D eigenvalue weighted by Crippen LogP contribution is -2.74. The normalized spacial score (nSPS) is 11.8. The van der Waals surface area contributed by atoms with Crippen LogP contribution in [0.2, 0.25) is 0 Å². The van der Waals surface area contributed by atoms with Gasteiger partial charge in [-0.1, -0.05) is 212 Å². The predicted molar refractivity (Wildman–Crippen MR) is 270 cm³/mol. The lowest BCUT2D eigenvalue weighted by molar-refractivity contribution is 1.17. The zero-order valence-electron chi connectivity index (χ0n) is 34.6.